The standard InChI is InChI=1S/C24H28N4O2/c1-3-17-12-18-4-8-26-14-21(18)20(13-17)24(25)22-15-28(16(2)29)9-5-23(22)27-19-6-10-30-11-7-19/h3-4,8,12-14,19,25,27H,1,5-7,9-11,15H2,2H3. The first-order chi connectivity index (χ1) is 14.6. The molecule has 0 radical (unpaired) electrons. The molecule has 2 aromatic rings. The zero-order valence-corrected chi connectivity index (χ0v) is 17.4. The fourth-order valence-corrected chi connectivity index (χ4v) is 4.22. The van der Waals surface area contributed by atoms with Crippen molar-refractivity contribution in [2.45, 2.75) is 32.2 Å². The van der Waals surface area contributed by atoms with Crippen LogP contribution in [0.5, 0.6) is 0 Å². The molecule has 0 saturated carbocycles. The van der Waals surface area contributed by atoms with Gasteiger partial charge in [0.2, 0.25) is 5.91 Å². The molecule has 1 aromatic carbocycles. The van der Waals surface area contributed by atoms with Gasteiger partial charge in [-0.25, -0.2) is 0 Å². The molecule has 0 bridgehead atoms. The lowest BCUT2D eigenvalue weighted by molar-refractivity contribution is -0.128. The molecule has 2 aliphatic rings. The molecule has 6 nitrogen and oxygen atoms in total. The van der Waals surface area contributed by atoms with Crippen molar-refractivity contribution < 1.29 is 9.53 Å². The van der Waals surface area contributed by atoms with Crippen LogP contribution in [0.15, 0.2) is 48.4 Å². The molecule has 1 saturated heterocycles. The molecule has 2 N–H and O–H groups in total. The van der Waals surface area contributed by atoms with Crippen LogP contribution in [-0.2, 0) is 9.53 Å². The molecule has 6 heteroatoms. The van der Waals surface area contributed by atoms with Gasteiger partial charge in [0.05, 0.1) is 5.71 Å². The van der Waals surface area contributed by atoms with Crippen LogP contribution in [0.3, 0.4) is 0 Å². The molecule has 0 unspecified atom stereocenters. The van der Waals surface area contributed by atoms with Gasteiger partial charge in [0.15, 0.2) is 0 Å². The Morgan fingerprint density at radius 3 is 2.90 bits per heavy atom. The highest BCUT2D eigenvalue weighted by Crippen LogP contribution is 2.27. The Kier molecular flexibility index (Phi) is 5.95. The van der Waals surface area contributed by atoms with Crippen molar-refractivity contribution in [2.24, 2.45) is 0 Å². The van der Waals surface area contributed by atoms with Gasteiger partial charge in [-0.15, -0.1) is 0 Å². The van der Waals surface area contributed by atoms with Gasteiger partial charge in [0.25, 0.3) is 0 Å². The molecule has 1 fully saturated rings. The van der Waals surface area contributed by atoms with Gasteiger partial charge in [-0.3, -0.25) is 15.2 Å². The average molecular weight is 405 g/mol. The van der Waals surface area contributed by atoms with Gasteiger partial charge < -0.3 is 15.0 Å². The number of aromatic nitrogens is 1. The van der Waals surface area contributed by atoms with E-state index in [1.165, 1.54) is 0 Å². The minimum atomic E-state index is 0.0387. The molecule has 1 amide bonds. The zero-order chi connectivity index (χ0) is 21.1. The average Bonchev–Trinajstić information content (AvgIpc) is 2.78. The Labute approximate surface area is 177 Å². The first-order valence-electron chi connectivity index (χ1n) is 10.5. The second-order valence-corrected chi connectivity index (χ2v) is 7.92. The predicted molar refractivity (Wildman–Crippen MR) is 120 cm³/mol. The van der Waals surface area contributed by atoms with Crippen molar-refractivity contribution in [1.29, 1.82) is 5.41 Å². The Bertz CT molecular complexity index is 1020. The summed E-state index contributed by atoms with van der Waals surface area (Å²) in [6.07, 6.45) is 8.02. The SMILES string of the molecule is C=Cc1cc(C(=N)C2=C(NC3CCOCC3)CCN(C(C)=O)C2)c2cnccc2c1. The molecule has 0 atom stereocenters. The second kappa shape index (κ2) is 8.79. The molecule has 30 heavy (non-hydrogen) atoms. The molecule has 2 aliphatic heterocycles. The van der Waals surface area contributed by atoms with E-state index in [9.17, 15) is 4.79 Å². The van der Waals surface area contributed by atoms with Crippen molar-refractivity contribution in [2.75, 3.05) is 26.3 Å². The highest BCUT2D eigenvalue weighted by molar-refractivity contribution is 6.18. The molecule has 4 rings (SSSR count). The second-order valence-electron chi connectivity index (χ2n) is 7.92. The van der Waals surface area contributed by atoms with Crippen molar-refractivity contribution in [3.63, 3.8) is 0 Å². The number of nitrogens with zero attached hydrogens (tertiary/aromatic N) is 2. The minimum absolute atomic E-state index is 0.0387. The van der Waals surface area contributed by atoms with E-state index in [2.05, 4.69) is 22.9 Å². The van der Waals surface area contributed by atoms with Crippen LogP contribution in [0.2, 0.25) is 0 Å². The van der Waals surface area contributed by atoms with E-state index in [1.807, 2.05) is 23.2 Å². The van der Waals surface area contributed by atoms with Gasteiger partial charge in [0, 0.05) is 80.3 Å². The third kappa shape index (κ3) is 4.14. The summed E-state index contributed by atoms with van der Waals surface area (Å²) >= 11 is 0. The highest BCUT2D eigenvalue weighted by atomic mass is 16.5. The summed E-state index contributed by atoms with van der Waals surface area (Å²) in [6, 6.07) is 6.35. The lowest BCUT2D eigenvalue weighted by Crippen LogP contribution is -2.43. The van der Waals surface area contributed by atoms with Crippen LogP contribution < -0.4 is 5.32 Å². The number of ether oxygens (including phenoxy) is 1. The van der Waals surface area contributed by atoms with Crippen LogP contribution in [0.25, 0.3) is 16.8 Å². The monoisotopic (exact) mass is 404 g/mol. The van der Waals surface area contributed by atoms with E-state index in [0.717, 1.165) is 65.6 Å². The molecule has 0 spiro atoms. The summed E-state index contributed by atoms with van der Waals surface area (Å²) in [5, 5.41) is 14.8. The number of carbonyl (C=O) groups is 1. The maximum Gasteiger partial charge on any atom is 0.219 e. The fourth-order valence-electron chi connectivity index (χ4n) is 4.22. The summed E-state index contributed by atoms with van der Waals surface area (Å²) < 4.78 is 5.49. The number of benzene rings is 1. The van der Waals surface area contributed by atoms with Crippen molar-refractivity contribution >= 4 is 28.5 Å². The Balaban J connectivity index is 1.76. The third-order valence-electron chi connectivity index (χ3n) is 5.97. The largest absolute Gasteiger partial charge is 0.385 e. The van der Waals surface area contributed by atoms with Crippen molar-refractivity contribution in [1.82, 2.24) is 15.2 Å². The number of pyridine rings is 1. The lowest BCUT2D eigenvalue weighted by atomic mass is 9.91. The molecule has 3 heterocycles. The van der Waals surface area contributed by atoms with Crippen molar-refractivity contribution in [3.8, 4) is 0 Å². The van der Waals surface area contributed by atoms with E-state index >= 15 is 0 Å². The lowest BCUT2D eigenvalue weighted by Gasteiger charge is -2.34. The minimum Gasteiger partial charge on any atom is -0.385 e. The topological polar surface area (TPSA) is 78.3 Å². The third-order valence-corrected chi connectivity index (χ3v) is 5.97. The maximum absolute atomic E-state index is 12.1. The normalized spacial score (nSPS) is 17.8. The Morgan fingerprint density at radius 2 is 2.17 bits per heavy atom. The molecule has 156 valence electrons. The van der Waals surface area contributed by atoms with E-state index in [-0.39, 0.29) is 5.91 Å². The van der Waals surface area contributed by atoms with E-state index in [4.69, 9.17) is 10.1 Å². The fraction of sp³-hybridized carbons (Fsp3) is 0.375. The number of nitrogens with one attached hydrogen (secondary N) is 2. The summed E-state index contributed by atoms with van der Waals surface area (Å²) in [5.74, 6) is 0.0387. The van der Waals surface area contributed by atoms with E-state index < -0.39 is 0 Å². The molecular formula is C24H28N4O2. The Hall–Kier alpha value is -2.99. The summed E-state index contributed by atoms with van der Waals surface area (Å²) in [5.41, 5.74) is 4.19. The summed E-state index contributed by atoms with van der Waals surface area (Å²) in [4.78, 5) is 18.2. The van der Waals surface area contributed by atoms with Gasteiger partial charge in [0.1, 0.15) is 0 Å². The molecule has 0 aliphatic carbocycles. The number of hydrogen-bond donors (Lipinski definition) is 2. The smallest absolute Gasteiger partial charge is 0.219 e. The zero-order valence-electron chi connectivity index (χ0n) is 17.4. The van der Waals surface area contributed by atoms with Gasteiger partial charge in [-0.05, 0) is 42.0 Å². The van der Waals surface area contributed by atoms with Gasteiger partial charge in [-0.2, -0.15) is 0 Å². The summed E-state index contributed by atoms with van der Waals surface area (Å²) in [7, 11) is 0. The highest BCUT2D eigenvalue weighted by Gasteiger charge is 2.27. The van der Waals surface area contributed by atoms with Crippen molar-refractivity contribution in [3.05, 3.63) is 59.6 Å². The van der Waals surface area contributed by atoms with Crippen LogP contribution in [-0.4, -0.2) is 53.8 Å². The van der Waals surface area contributed by atoms with Crippen LogP contribution in [0.1, 0.15) is 37.3 Å². The summed E-state index contributed by atoms with van der Waals surface area (Å²) in [6.45, 7) is 8.13. The van der Waals surface area contributed by atoms with E-state index in [1.54, 1.807) is 19.2 Å². The van der Waals surface area contributed by atoms with Crippen LogP contribution >= 0.6 is 0 Å². The number of amides is 1. The van der Waals surface area contributed by atoms with Crippen LogP contribution in [0, 0.1) is 5.41 Å². The molecule has 1 aromatic heterocycles. The first kappa shape index (κ1) is 20.3. The maximum atomic E-state index is 12.1. The first-order valence-corrected chi connectivity index (χ1v) is 10.5. The van der Waals surface area contributed by atoms with Crippen LogP contribution in [0.4, 0.5) is 0 Å². The quantitative estimate of drug-likeness (QED) is 0.748. The van der Waals surface area contributed by atoms with Gasteiger partial charge >= 0.3 is 0 Å². The number of fused-ring (bicyclic) bond motifs is 1. The predicted octanol–water partition coefficient (Wildman–Crippen LogP) is 3.52. The number of carbonyl (C=O) groups excluding carboxylic acids is 1. The van der Waals surface area contributed by atoms with E-state index in [0.29, 0.717) is 24.8 Å². The number of rotatable bonds is 5. The molecular weight excluding hydrogens is 376 g/mol. The Morgan fingerprint density at radius 1 is 1.37 bits per heavy atom. The number of hydrogen-bond acceptors (Lipinski definition) is 5. The van der Waals surface area contributed by atoms with Gasteiger partial charge in [-0.1, -0.05) is 12.7 Å².